The van der Waals surface area contributed by atoms with E-state index in [0.29, 0.717) is 12.6 Å². The van der Waals surface area contributed by atoms with E-state index in [0.717, 1.165) is 13.0 Å². The van der Waals surface area contributed by atoms with Crippen molar-refractivity contribution >= 4 is 6.09 Å². The van der Waals surface area contributed by atoms with Gasteiger partial charge in [-0.15, -0.1) is 0 Å². The third kappa shape index (κ3) is 6.94. The highest BCUT2D eigenvalue weighted by Gasteiger charge is 2.19. The van der Waals surface area contributed by atoms with Gasteiger partial charge in [-0.2, -0.15) is 0 Å². The minimum atomic E-state index is -0.441. The Hall–Kier alpha value is -1.55. The number of aryl methyl sites for hydroxylation is 1. The third-order valence-electron chi connectivity index (χ3n) is 3.40. The molecule has 1 N–H and O–H groups in total. The van der Waals surface area contributed by atoms with Gasteiger partial charge in [-0.25, -0.2) is 4.79 Å². The second kappa shape index (κ2) is 8.18. The van der Waals surface area contributed by atoms with Crippen molar-refractivity contribution in [3.8, 4) is 0 Å². The molecule has 1 atom stereocenters. The second-order valence-corrected chi connectivity index (χ2v) is 6.84. The van der Waals surface area contributed by atoms with Gasteiger partial charge in [-0.1, -0.05) is 29.8 Å². The molecule has 4 heteroatoms. The SMILES string of the molecule is Cc1ccc(C(C)NCCCN(C)C(=O)OC(C)(C)C)cc1. The van der Waals surface area contributed by atoms with Crippen LogP contribution in [0.2, 0.25) is 0 Å². The summed E-state index contributed by atoms with van der Waals surface area (Å²) in [6.07, 6.45) is 0.630. The van der Waals surface area contributed by atoms with Gasteiger partial charge >= 0.3 is 6.09 Å². The topological polar surface area (TPSA) is 41.6 Å². The summed E-state index contributed by atoms with van der Waals surface area (Å²) in [5, 5.41) is 3.48. The molecule has 0 aliphatic rings. The van der Waals surface area contributed by atoms with Gasteiger partial charge in [-0.3, -0.25) is 0 Å². The Kier molecular flexibility index (Phi) is 6.88. The molecule has 0 saturated heterocycles. The number of carbonyl (C=O) groups is 1. The van der Waals surface area contributed by atoms with Crippen LogP contribution in [0.1, 0.15) is 51.3 Å². The van der Waals surface area contributed by atoms with Gasteiger partial charge in [0.2, 0.25) is 0 Å². The van der Waals surface area contributed by atoms with E-state index in [1.807, 2.05) is 20.8 Å². The Morgan fingerprint density at radius 2 is 1.86 bits per heavy atom. The zero-order valence-electron chi connectivity index (χ0n) is 14.8. The maximum atomic E-state index is 11.8. The highest BCUT2D eigenvalue weighted by molar-refractivity contribution is 5.67. The first-order valence-electron chi connectivity index (χ1n) is 7.93. The van der Waals surface area contributed by atoms with Crippen molar-refractivity contribution < 1.29 is 9.53 Å². The Labute approximate surface area is 134 Å². The Morgan fingerprint density at radius 1 is 1.27 bits per heavy atom. The summed E-state index contributed by atoms with van der Waals surface area (Å²) in [5.41, 5.74) is 2.12. The number of nitrogens with zero attached hydrogens (tertiary/aromatic N) is 1. The molecule has 1 amide bonds. The lowest BCUT2D eigenvalue weighted by atomic mass is 10.1. The largest absolute Gasteiger partial charge is 0.444 e. The van der Waals surface area contributed by atoms with E-state index in [9.17, 15) is 4.79 Å². The van der Waals surface area contributed by atoms with Crippen LogP contribution in [0.3, 0.4) is 0 Å². The van der Waals surface area contributed by atoms with Crippen LogP contribution in [0.25, 0.3) is 0 Å². The molecule has 4 nitrogen and oxygen atoms in total. The van der Waals surface area contributed by atoms with E-state index in [4.69, 9.17) is 4.74 Å². The lowest BCUT2D eigenvalue weighted by Gasteiger charge is -2.24. The molecular weight excluding hydrogens is 276 g/mol. The number of hydrogen-bond donors (Lipinski definition) is 1. The van der Waals surface area contributed by atoms with Crippen molar-refractivity contribution in [2.24, 2.45) is 0 Å². The van der Waals surface area contributed by atoms with Gasteiger partial charge in [0.25, 0.3) is 0 Å². The van der Waals surface area contributed by atoms with Crippen LogP contribution < -0.4 is 5.32 Å². The lowest BCUT2D eigenvalue weighted by molar-refractivity contribution is 0.0297. The molecule has 124 valence electrons. The van der Waals surface area contributed by atoms with Crippen LogP contribution in [0.5, 0.6) is 0 Å². The number of carbonyl (C=O) groups excluding carboxylic acids is 1. The molecule has 1 aromatic carbocycles. The molecule has 1 rings (SSSR count). The first-order valence-corrected chi connectivity index (χ1v) is 7.93. The van der Waals surface area contributed by atoms with Crippen LogP contribution in [0.15, 0.2) is 24.3 Å². The summed E-state index contributed by atoms with van der Waals surface area (Å²) in [7, 11) is 1.78. The van der Waals surface area contributed by atoms with Crippen LogP contribution in [-0.4, -0.2) is 36.7 Å². The molecular formula is C18H30N2O2. The molecule has 0 radical (unpaired) electrons. The molecule has 0 heterocycles. The average molecular weight is 306 g/mol. The van der Waals surface area contributed by atoms with Crippen molar-refractivity contribution in [3.63, 3.8) is 0 Å². The molecule has 1 unspecified atom stereocenters. The van der Waals surface area contributed by atoms with Crippen molar-refractivity contribution in [1.82, 2.24) is 10.2 Å². The molecule has 0 aliphatic carbocycles. The minimum absolute atomic E-state index is 0.265. The van der Waals surface area contributed by atoms with E-state index in [1.165, 1.54) is 11.1 Å². The number of benzene rings is 1. The van der Waals surface area contributed by atoms with E-state index >= 15 is 0 Å². The smallest absolute Gasteiger partial charge is 0.410 e. The molecule has 0 bridgehead atoms. The molecule has 1 aromatic rings. The van der Waals surface area contributed by atoms with Gasteiger partial charge in [0, 0.05) is 19.6 Å². The van der Waals surface area contributed by atoms with Gasteiger partial charge in [-0.05, 0) is 53.1 Å². The fourth-order valence-electron chi connectivity index (χ4n) is 2.04. The van der Waals surface area contributed by atoms with Crippen LogP contribution in [0, 0.1) is 6.92 Å². The molecule has 0 aliphatic heterocycles. The van der Waals surface area contributed by atoms with Crippen molar-refractivity contribution in [1.29, 1.82) is 0 Å². The number of hydrogen-bond acceptors (Lipinski definition) is 3. The Bertz CT molecular complexity index is 463. The summed E-state index contributed by atoms with van der Waals surface area (Å²) in [5.74, 6) is 0. The normalized spacial score (nSPS) is 12.8. The van der Waals surface area contributed by atoms with Gasteiger partial charge in [0.1, 0.15) is 5.60 Å². The minimum Gasteiger partial charge on any atom is -0.444 e. The van der Waals surface area contributed by atoms with E-state index in [1.54, 1.807) is 11.9 Å². The lowest BCUT2D eigenvalue weighted by Crippen LogP contribution is -2.35. The summed E-state index contributed by atoms with van der Waals surface area (Å²) < 4.78 is 5.32. The molecule has 0 spiro atoms. The first-order chi connectivity index (χ1) is 10.2. The maximum absolute atomic E-state index is 11.8. The van der Waals surface area contributed by atoms with Crippen molar-refractivity contribution in [2.45, 2.75) is 52.7 Å². The van der Waals surface area contributed by atoms with E-state index < -0.39 is 5.60 Å². The van der Waals surface area contributed by atoms with Gasteiger partial charge in [0.15, 0.2) is 0 Å². The zero-order chi connectivity index (χ0) is 16.8. The molecule has 0 saturated carbocycles. The monoisotopic (exact) mass is 306 g/mol. The van der Waals surface area contributed by atoms with Crippen LogP contribution in [0.4, 0.5) is 4.79 Å². The number of ether oxygens (including phenoxy) is 1. The fourth-order valence-corrected chi connectivity index (χ4v) is 2.04. The summed E-state index contributed by atoms with van der Waals surface area (Å²) in [6, 6.07) is 8.88. The quantitative estimate of drug-likeness (QED) is 0.810. The predicted molar refractivity (Wildman–Crippen MR) is 91.1 cm³/mol. The highest BCUT2D eigenvalue weighted by Crippen LogP contribution is 2.13. The van der Waals surface area contributed by atoms with Gasteiger partial charge < -0.3 is 15.0 Å². The number of rotatable bonds is 6. The first kappa shape index (κ1) is 18.5. The molecule has 0 aromatic heterocycles. The summed E-state index contributed by atoms with van der Waals surface area (Å²) in [6.45, 7) is 11.4. The number of nitrogens with one attached hydrogen (secondary N) is 1. The van der Waals surface area contributed by atoms with Crippen LogP contribution >= 0.6 is 0 Å². The Morgan fingerprint density at radius 3 is 2.41 bits per heavy atom. The van der Waals surface area contributed by atoms with Crippen molar-refractivity contribution in [3.05, 3.63) is 35.4 Å². The zero-order valence-corrected chi connectivity index (χ0v) is 14.8. The maximum Gasteiger partial charge on any atom is 0.410 e. The molecule has 22 heavy (non-hydrogen) atoms. The fraction of sp³-hybridized carbons (Fsp3) is 0.611. The second-order valence-electron chi connectivity index (χ2n) is 6.84. The molecule has 0 fully saturated rings. The van der Waals surface area contributed by atoms with E-state index in [-0.39, 0.29) is 6.09 Å². The summed E-state index contributed by atoms with van der Waals surface area (Å²) >= 11 is 0. The Balaban J connectivity index is 2.27. The highest BCUT2D eigenvalue weighted by atomic mass is 16.6. The standard InChI is InChI=1S/C18H30N2O2/c1-14-8-10-16(11-9-14)15(2)19-12-7-13-20(6)17(21)22-18(3,4)5/h8-11,15,19H,7,12-13H2,1-6H3. The van der Waals surface area contributed by atoms with Crippen LogP contribution in [-0.2, 0) is 4.74 Å². The third-order valence-corrected chi connectivity index (χ3v) is 3.40. The predicted octanol–water partition coefficient (Wildman–Crippen LogP) is 3.90. The van der Waals surface area contributed by atoms with Crippen molar-refractivity contribution in [2.75, 3.05) is 20.1 Å². The number of amides is 1. The van der Waals surface area contributed by atoms with E-state index in [2.05, 4.69) is 43.4 Å². The van der Waals surface area contributed by atoms with Gasteiger partial charge in [0.05, 0.1) is 0 Å². The average Bonchev–Trinajstić information content (AvgIpc) is 2.42. The summed E-state index contributed by atoms with van der Waals surface area (Å²) in [4.78, 5) is 13.5.